The van der Waals surface area contributed by atoms with Crippen LogP contribution in [-0.4, -0.2) is 26.7 Å². The molecule has 1 aliphatic carbocycles. The van der Waals surface area contributed by atoms with Gasteiger partial charge in [-0.1, -0.05) is 18.0 Å². The van der Waals surface area contributed by atoms with Crippen molar-refractivity contribution in [2.24, 2.45) is 5.92 Å². The van der Waals surface area contributed by atoms with Gasteiger partial charge in [0.05, 0.1) is 16.0 Å². The van der Waals surface area contributed by atoms with E-state index in [-0.39, 0.29) is 27.4 Å². The Balaban J connectivity index is 2.04. The number of carboxylic acids is 1. The van der Waals surface area contributed by atoms with Crippen LogP contribution in [0.1, 0.15) is 47.8 Å². The molecule has 3 aromatic rings. The summed E-state index contributed by atoms with van der Waals surface area (Å²) >= 11 is 5.72. The Labute approximate surface area is 181 Å². The molecule has 0 spiro atoms. The summed E-state index contributed by atoms with van der Waals surface area (Å²) in [7, 11) is 0. The van der Waals surface area contributed by atoms with Crippen LogP contribution in [0, 0.1) is 24.5 Å². The Morgan fingerprint density at radius 3 is 2.39 bits per heavy atom. The number of benzene rings is 2. The lowest BCUT2D eigenvalue weighted by molar-refractivity contribution is -0.146. The van der Waals surface area contributed by atoms with Crippen molar-refractivity contribution in [2.75, 3.05) is 0 Å². The third-order valence-electron chi connectivity index (χ3n) is 6.53. The summed E-state index contributed by atoms with van der Waals surface area (Å²) in [5.74, 6) is -4.26. The lowest BCUT2D eigenvalue weighted by Crippen LogP contribution is -2.44. The molecule has 1 aliphatic rings. The molecule has 1 atom stereocenters. The largest absolute Gasteiger partial charge is 0.505 e. The number of hydrogen-bond acceptors (Lipinski definition) is 3. The zero-order valence-electron chi connectivity index (χ0n) is 16.9. The van der Waals surface area contributed by atoms with E-state index >= 15 is 0 Å². The predicted octanol–water partition coefficient (Wildman–Crippen LogP) is 5.42. The van der Waals surface area contributed by atoms with E-state index in [2.05, 4.69) is 0 Å². The number of aromatic hydroxyl groups is 1. The maximum Gasteiger partial charge on any atom is 0.314 e. The quantitative estimate of drug-likeness (QED) is 0.559. The summed E-state index contributed by atoms with van der Waals surface area (Å²) in [6.07, 6.45) is 2.31. The third-order valence-corrected chi connectivity index (χ3v) is 6.83. The lowest BCUT2D eigenvalue weighted by atomic mass is 9.62. The minimum atomic E-state index is -1.35. The van der Waals surface area contributed by atoms with Gasteiger partial charge >= 0.3 is 5.97 Å². The number of rotatable bonds is 4. The van der Waals surface area contributed by atoms with E-state index < -0.39 is 34.7 Å². The third kappa shape index (κ3) is 3.10. The Bertz CT molecular complexity index is 1250. The second-order valence-electron chi connectivity index (χ2n) is 8.19. The van der Waals surface area contributed by atoms with Gasteiger partial charge in [0, 0.05) is 22.7 Å². The van der Waals surface area contributed by atoms with Crippen LogP contribution in [0.15, 0.2) is 30.3 Å². The van der Waals surface area contributed by atoms with Crippen LogP contribution < -0.4 is 0 Å². The second kappa shape index (κ2) is 7.34. The van der Waals surface area contributed by atoms with Gasteiger partial charge in [0.25, 0.3) is 5.91 Å². The Morgan fingerprint density at radius 2 is 1.84 bits per heavy atom. The number of carbonyl (C=O) groups excluding carboxylic acids is 1. The van der Waals surface area contributed by atoms with Crippen molar-refractivity contribution in [1.82, 2.24) is 4.57 Å². The summed E-state index contributed by atoms with van der Waals surface area (Å²) < 4.78 is 29.4. The molecule has 2 N–H and O–H groups in total. The fourth-order valence-corrected chi connectivity index (χ4v) is 4.69. The highest BCUT2D eigenvalue weighted by Gasteiger charge is 2.48. The summed E-state index contributed by atoms with van der Waals surface area (Å²) in [5.41, 5.74) is -0.616. The zero-order valence-corrected chi connectivity index (χ0v) is 17.6. The molecule has 0 aliphatic heterocycles. The molecule has 31 heavy (non-hydrogen) atoms. The second-order valence-corrected chi connectivity index (χ2v) is 8.59. The van der Waals surface area contributed by atoms with E-state index in [1.807, 2.05) is 0 Å². The van der Waals surface area contributed by atoms with Gasteiger partial charge in [0.2, 0.25) is 0 Å². The van der Waals surface area contributed by atoms with E-state index in [1.165, 1.54) is 16.7 Å². The molecule has 2 aromatic carbocycles. The maximum absolute atomic E-state index is 14.3. The van der Waals surface area contributed by atoms with Crippen LogP contribution in [0.25, 0.3) is 10.9 Å². The predicted molar refractivity (Wildman–Crippen MR) is 112 cm³/mol. The van der Waals surface area contributed by atoms with Crippen LogP contribution in [0.3, 0.4) is 0 Å². The molecular formula is C23H20ClF2NO4. The van der Waals surface area contributed by atoms with Gasteiger partial charge in [-0.15, -0.1) is 0 Å². The van der Waals surface area contributed by atoms with E-state index in [4.69, 9.17) is 11.6 Å². The number of fused-ring (bicyclic) bond motifs is 1. The molecule has 1 heterocycles. The van der Waals surface area contributed by atoms with Gasteiger partial charge in [-0.05, 0) is 62.4 Å². The highest BCUT2D eigenvalue weighted by molar-refractivity contribution is 6.30. The first-order valence-electron chi connectivity index (χ1n) is 9.84. The first-order chi connectivity index (χ1) is 14.6. The maximum atomic E-state index is 14.3. The van der Waals surface area contributed by atoms with E-state index in [0.717, 1.165) is 24.6 Å². The molecule has 0 unspecified atom stereocenters. The smallest absolute Gasteiger partial charge is 0.314 e. The first-order valence-corrected chi connectivity index (χ1v) is 10.2. The van der Waals surface area contributed by atoms with E-state index in [1.54, 1.807) is 13.8 Å². The number of nitrogens with zero attached hydrogens (tertiary/aromatic N) is 1. The molecule has 162 valence electrons. The number of halogens is 3. The summed E-state index contributed by atoms with van der Waals surface area (Å²) in [6, 6.07) is 5.72. The zero-order chi connectivity index (χ0) is 22.7. The Hall–Kier alpha value is -2.93. The van der Waals surface area contributed by atoms with Crippen molar-refractivity contribution >= 4 is 34.4 Å². The minimum Gasteiger partial charge on any atom is -0.505 e. The SMILES string of the molecule is Cc1c([C@](C)(C(=O)O)C2CCC2)c2cc(O)c(F)cc2n1C(=O)c1ccc(Cl)c(F)c1. The molecular weight excluding hydrogens is 428 g/mol. The molecule has 8 heteroatoms. The molecule has 1 fully saturated rings. The molecule has 4 rings (SSSR count). The number of phenols is 1. The van der Waals surface area contributed by atoms with Gasteiger partial charge < -0.3 is 10.2 Å². The standard InChI is InChI=1S/C23H20ClF2NO4/c1-11-20(23(2,22(30)31)13-4-3-5-13)14-9-19(28)17(26)10-18(14)27(11)21(29)12-6-7-15(24)16(25)8-12/h6-10,13,28H,3-5H2,1-2H3,(H,30,31)/t23-/m1/s1. The van der Waals surface area contributed by atoms with Crippen molar-refractivity contribution in [3.05, 3.63) is 63.8 Å². The number of hydrogen-bond donors (Lipinski definition) is 2. The van der Waals surface area contributed by atoms with Gasteiger partial charge in [0.1, 0.15) is 5.82 Å². The highest BCUT2D eigenvalue weighted by atomic mass is 35.5. The van der Waals surface area contributed by atoms with Crippen LogP contribution in [0.2, 0.25) is 5.02 Å². The number of aliphatic carboxylic acids is 1. The monoisotopic (exact) mass is 447 g/mol. The molecule has 1 saturated carbocycles. The van der Waals surface area contributed by atoms with E-state index in [9.17, 15) is 28.6 Å². The molecule has 1 aromatic heterocycles. The molecule has 0 saturated heterocycles. The fourth-order valence-electron chi connectivity index (χ4n) is 4.57. The van der Waals surface area contributed by atoms with Gasteiger partial charge in [0.15, 0.2) is 11.6 Å². The van der Waals surface area contributed by atoms with Crippen LogP contribution in [0.5, 0.6) is 5.75 Å². The van der Waals surface area contributed by atoms with Crippen molar-refractivity contribution in [2.45, 2.75) is 38.5 Å². The van der Waals surface area contributed by atoms with Crippen LogP contribution in [-0.2, 0) is 10.2 Å². The number of phenolic OH excluding ortho intramolecular Hbond substituents is 1. The Kier molecular flexibility index (Phi) is 5.04. The number of carbonyl (C=O) groups is 2. The van der Waals surface area contributed by atoms with Crippen LogP contribution in [0.4, 0.5) is 8.78 Å². The van der Waals surface area contributed by atoms with Crippen molar-refractivity contribution in [3.8, 4) is 5.75 Å². The minimum absolute atomic E-state index is 0.0254. The summed E-state index contributed by atoms with van der Waals surface area (Å²) in [6.45, 7) is 3.17. The normalized spacial score (nSPS) is 16.2. The average molecular weight is 448 g/mol. The number of aromatic nitrogens is 1. The lowest BCUT2D eigenvalue weighted by Gasteiger charge is -2.40. The van der Waals surface area contributed by atoms with Crippen molar-refractivity contribution in [3.63, 3.8) is 0 Å². The fraction of sp³-hybridized carbons (Fsp3) is 0.304. The van der Waals surface area contributed by atoms with Gasteiger partial charge in [-0.2, -0.15) is 0 Å². The van der Waals surface area contributed by atoms with Gasteiger partial charge in [-0.25, -0.2) is 8.78 Å². The Morgan fingerprint density at radius 1 is 1.16 bits per heavy atom. The number of carboxylic acid groups (broad SMARTS) is 1. The van der Waals surface area contributed by atoms with Crippen molar-refractivity contribution in [1.29, 1.82) is 0 Å². The van der Waals surface area contributed by atoms with E-state index in [0.29, 0.717) is 24.1 Å². The summed E-state index contributed by atoms with van der Waals surface area (Å²) in [4.78, 5) is 25.8. The molecule has 5 nitrogen and oxygen atoms in total. The molecule has 0 bridgehead atoms. The molecule has 0 radical (unpaired) electrons. The first kappa shape index (κ1) is 21.3. The average Bonchev–Trinajstić information content (AvgIpc) is 2.93. The molecule has 0 amide bonds. The topological polar surface area (TPSA) is 79.5 Å². The van der Waals surface area contributed by atoms with Crippen LogP contribution >= 0.6 is 11.6 Å². The summed E-state index contributed by atoms with van der Waals surface area (Å²) in [5, 5.41) is 20.3. The highest BCUT2D eigenvalue weighted by Crippen LogP contribution is 2.49. The van der Waals surface area contributed by atoms with Gasteiger partial charge in [-0.3, -0.25) is 14.2 Å². The van der Waals surface area contributed by atoms with Crippen molar-refractivity contribution < 1.29 is 28.6 Å².